The number of rotatable bonds is 7. The molecule has 0 saturated carbocycles. The summed E-state index contributed by atoms with van der Waals surface area (Å²) in [6, 6.07) is 16.2. The molecule has 3 rings (SSSR count). The number of para-hydroxylation sites is 1. The van der Waals surface area contributed by atoms with E-state index in [9.17, 15) is 9.59 Å². The molecular weight excluding hydrogens is 404 g/mol. The van der Waals surface area contributed by atoms with Gasteiger partial charge in [-0.05, 0) is 61.9 Å². The fraction of sp³-hybridized carbons (Fsp3) is 0.364. The van der Waals surface area contributed by atoms with Gasteiger partial charge in [-0.15, -0.1) is 0 Å². The summed E-state index contributed by atoms with van der Waals surface area (Å²) in [5.41, 5.74) is 3.30. The summed E-state index contributed by atoms with van der Waals surface area (Å²) < 4.78 is 1.07. The molecule has 5 heteroatoms. The highest BCUT2D eigenvalue weighted by atomic mass is 79.9. The lowest BCUT2D eigenvalue weighted by Gasteiger charge is -2.24. The summed E-state index contributed by atoms with van der Waals surface area (Å²) in [6.07, 6.45) is 3.48. The predicted octanol–water partition coefficient (Wildman–Crippen LogP) is 4.48. The van der Waals surface area contributed by atoms with Crippen molar-refractivity contribution in [3.05, 3.63) is 64.1 Å². The van der Waals surface area contributed by atoms with Gasteiger partial charge in [-0.3, -0.25) is 9.59 Å². The first-order chi connectivity index (χ1) is 13.0. The number of aryl methyl sites for hydroxylation is 1. The first kappa shape index (κ1) is 19.6. The fourth-order valence-electron chi connectivity index (χ4n) is 3.41. The minimum atomic E-state index is -0.135. The molecule has 27 heavy (non-hydrogen) atoms. The number of anilines is 1. The highest BCUT2D eigenvalue weighted by Gasteiger charge is 2.26. The number of hydrogen-bond donors (Lipinski definition) is 2. The number of carbonyl (C=O) groups is 2. The van der Waals surface area contributed by atoms with Crippen LogP contribution in [0.3, 0.4) is 0 Å². The molecule has 0 aromatic heterocycles. The largest absolute Gasteiger partial charge is 0.354 e. The van der Waals surface area contributed by atoms with Crippen molar-refractivity contribution in [1.82, 2.24) is 5.32 Å². The lowest BCUT2D eigenvalue weighted by molar-refractivity contribution is -0.123. The van der Waals surface area contributed by atoms with Gasteiger partial charge in [-0.1, -0.05) is 46.3 Å². The van der Waals surface area contributed by atoms with E-state index < -0.39 is 0 Å². The van der Waals surface area contributed by atoms with Crippen LogP contribution in [0.5, 0.6) is 0 Å². The van der Waals surface area contributed by atoms with E-state index in [1.165, 1.54) is 5.56 Å². The normalized spacial score (nSPS) is 17.0. The summed E-state index contributed by atoms with van der Waals surface area (Å²) in [5, 5.41) is 6.00. The fourth-order valence-corrected chi connectivity index (χ4v) is 3.67. The Bertz CT molecular complexity index is 804. The zero-order valence-electron chi connectivity index (χ0n) is 15.5. The molecule has 1 heterocycles. The van der Waals surface area contributed by atoms with Crippen molar-refractivity contribution in [2.45, 2.75) is 45.1 Å². The van der Waals surface area contributed by atoms with Crippen LogP contribution in [0.2, 0.25) is 0 Å². The predicted molar refractivity (Wildman–Crippen MR) is 112 cm³/mol. The van der Waals surface area contributed by atoms with Gasteiger partial charge < -0.3 is 10.6 Å². The summed E-state index contributed by atoms with van der Waals surface area (Å²) >= 11 is 3.44. The lowest BCUT2D eigenvalue weighted by Crippen LogP contribution is -2.35. The van der Waals surface area contributed by atoms with Gasteiger partial charge in [0, 0.05) is 28.5 Å². The molecule has 0 bridgehead atoms. The van der Waals surface area contributed by atoms with Gasteiger partial charge in [-0.2, -0.15) is 0 Å². The molecule has 2 aromatic rings. The van der Waals surface area contributed by atoms with Crippen molar-refractivity contribution >= 4 is 33.4 Å². The van der Waals surface area contributed by atoms with E-state index in [1.807, 2.05) is 43.3 Å². The average Bonchev–Trinajstić information content (AvgIpc) is 2.66. The van der Waals surface area contributed by atoms with Crippen molar-refractivity contribution < 1.29 is 9.59 Å². The monoisotopic (exact) mass is 428 g/mol. The summed E-state index contributed by atoms with van der Waals surface area (Å²) in [7, 11) is 0. The van der Waals surface area contributed by atoms with Crippen LogP contribution in [0.1, 0.15) is 37.3 Å². The second kappa shape index (κ2) is 9.18. The van der Waals surface area contributed by atoms with Crippen molar-refractivity contribution in [1.29, 1.82) is 0 Å². The molecule has 2 aromatic carbocycles. The molecule has 0 radical (unpaired) electrons. The second-order valence-electron chi connectivity index (χ2n) is 7.22. The van der Waals surface area contributed by atoms with E-state index in [-0.39, 0.29) is 23.8 Å². The van der Waals surface area contributed by atoms with Crippen LogP contribution >= 0.6 is 15.9 Å². The van der Waals surface area contributed by atoms with Crippen LogP contribution in [0.25, 0.3) is 0 Å². The van der Waals surface area contributed by atoms with Crippen LogP contribution in [0.4, 0.5) is 5.69 Å². The molecule has 2 atom stereocenters. The Labute approximate surface area is 168 Å². The Morgan fingerprint density at radius 1 is 1.22 bits per heavy atom. The zero-order chi connectivity index (χ0) is 19.2. The van der Waals surface area contributed by atoms with Crippen LogP contribution < -0.4 is 10.6 Å². The topological polar surface area (TPSA) is 58.2 Å². The number of nitrogens with one attached hydrogen (secondary N) is 2. The lowest BCUT2D eigenvalue weighted by atomic mass is 9.89. The third-order valence-electron chi connectivity index (χ3n) is 5.02. The Morgan fingerprint density at radius 2 is 1.96 bits per heavy atom. The van der Waals surface area contributed by atoms with Crippen molar-refractivity contribution in [3.63, 3.8) is 0 Å². The molecule has 4 nitrogen and oxygen atoms in total. The van der Waals surface area contributed by atoms with Crippen LogP contribution in [0, 0.1) is 5.92 Å². The van der Waals surface area contributed by atoms with Crippen LogP contribution in [0.15, 0.2) is 53.0 Å². The van der Waals surface area contributed by atoms with E-state index in [2.05, 4.69) is 38.7 Å². The van der Waals surface area contributed by atoms with Gasteiger partial charge >= 0.3 is 0 Å². The van der Waals surface area contributed by atoms with Crippen molar-refractivity contribution in [2.75, 3.05) is 5.32 Å². The molecule has 0 saturated heterocycles. The Morgan fingerprint density at radius 3 is 2.74 bits per heavy atom. The molecule has 0 aliphatic carbocycles. The Kier molecular flexibility index (Phi) is 6.67. The Hall–Kier alpha value is -2.14. The summed E-state index contributed by atoms with van der Waals surface area (Å²) in [6.45, 7) is 2.03. The standard InChI is InChI=1S/C22H25BrN2O2/c1-15(6-7-16-8-11-19(23)12-9-16)24-21(26)13-10-18-14-17-4-2-3-5-20(17)25-22(18)27/h2-5,8-9,11-12,15,18H,6-7,10,13-14H2,1H3,(H,24,26)(H,25,27). The second-order valence-corrected chi connectivity index (χ2v) is 8.14. The van der Waals surface area contributed by atoms with Gasteiger partial charge in [0.05, 0.1) is 0 Å². The SMILES string of the molecule is CC(CCc1ccc(Br)cc1)NC(=O)CCC1Cc2ccccc2NC1=O. The van der Waals surface area contributed by atoms with E-state index in [0.717, 1.165) is 28.6 Å². The smallest absolute Gasteiger partial charge is 0.227 e. The minimum absolute atomic E-state index is 0.0183. The van der Waals surface area contributed by atoms with Gasteiger partial charge in [0.1, 0.15) is 0 Å². The van der Waals surface area contributed by atoms with Gasteiger partial charge in [0.2, 0.25) is 11.8 Å². The summed E-state index contributed by atoms with van der Waals surface area (Å²) in [5.74, 6) is -0.0986. The molecule has 2 unspecified atom stereocenters. The van der Waals surface area contributed by atoms with E-state index in [1.54, 1.807) is 0 Å². The minimum Gasteiger partial charge on any atom is -0.354 e. The van der Waals surface area contributed by atoms with Gasteiger partial charge in [-0.25, -0.2) is 0 Å². The third-order valence-corrected chi connectivity index (χ3v) is 5.55. The number of amides is 2. The molecule has 1 aliphatic rings. The van der Waals surface area contributed by atoms with Crippen LogP contribution in [-0.2, 0) is 22.4 Å². The van der Waals surface area contributed by atoms with Crippen LogP contribution in [-0.4, -0.2) is 17.9 Å². The first-order valence-electron chi connectivity index (χ1n) is 9.44. The average molecular weight is 429 g/mol. The maximum absolute atomic E-state index is 12.3. The van der Waals surface area contributed by atoms with E-state index in [4.69, 9.17) is 0 Å². The number of halogens is 1. The maximum atomic E-state index is 12.3. The van der Waals surface area contributed by atoms with Crippen molar-refractivity contribution in [2.24, 2.45) is 5.92 Å². The van der Waals surface area contributed by atoms with E-state index in [0.29, 0.717) is 19.3 Å². The number of fused-ring (bicyclic) bond motifs is 1. The third kappa shape index (κ3) is 5.67. The molecule has 2 amide bonds. The molecule has 0 spiro atoms. The highest BCUT2D eigenvalue weighted by molar-refractivity contribution is 9.10. The highest BCUT2D eigenvalue weighted by Crippen LogP contribution is 2.27. The maximum Gasteiger partial charge on any atom is 0.227 e. The zero-order valence-corrected chi connectivity index (χ0v) is 17.1. The molecule has 142 valence electrons. The number of carbonyl (C=O) groups excluding carboxylic acids is 2. The van der Waals surface area contributed by atoms with E-state index >= 15 is 0 Å². The molecule has 2 N–H and O–H groups in total. The molecule has 1 aliphatic heterocycles. The number of benzene rings is 2. The number of hydrogen-bond acceptors (Lipinski definition) is 2. The summed E-state index contributed by atoms with van der Waals surface area (Å²) in [4.78, 5) is 24.5. The first-order valence-corrected chi connectivity index (χ1v) is 10.2. The molecule has 0 fully saturated rings. The Balaban J connectivity index is 1.41. The van der Waals surface area contributed by atoms with Gasteiger partial charge in [0.15, 0.2) is 0 Å². The quantitative estimate of drug-likeness (QED) is 0.682. The van der Waals surface area contributed by atoms with Gasteiger partial charge in [0.25, 0.3) is 0 Å². The van der Waals surface area contributed by atoms with Crippen molar-refractivity contribution in [3.8, 4) is 0 Å². The molecular formula is C22H25BrN2O2.